The van der Waals surface area contributed by atoms with Crippen molar-refractivity contribution in [3.63, 3.8) is 0 Å². The highest BCUT2D eigenvalue weighted by atomic mass is 16.3. The fraction of sp³-hybridized carbons (Fsp3) is 0.727. The fourth-order valence-corrected chi connectivity index (χ4v) is 1.45. The summed E-state index contributed by atoms with van der Waals surface area (Å²) in [4.78, 5) is 0. The van der Waals surface area contributed by atoms with Gasteiger partial charge in [0.1, 0.15) is 0 Å². The fourth-order valence-electron chi connectivity index (χ4n) is 1.45. The van der Waals surface area contributed by atoms with E-state index < -0.39 is 0 Å². The molecule has 4 heteroatoms. The van der Waals surface area contributed by atoms with Gasteiger partial charge in [-0.15, -0.1) is 0 Å². The first-order valence-corrected chi connectivity index (χ1v) is 5.59. The molecule has 0 aliphatic carbocycles. The summed E-state index contributed by atoms with van der Waals surface area (Å²) >= 11 is 0. The Kier molecular flexibility index (Phi) is 4.78. The monoisotopic (exact) mass is 211 g/mol. The lowest BCUT2D eigenvalue weighted by Gasteiger charge is -2.09. The van der Waals surface area contributed by atoms with Gasteiger partial charge in [-0.25, -0.2) is 0 Å². The smallest absolute Gasteiger partial charge is 0.0650 e. The van der Waals surface area contributed by atoms with Crippen LogP contribution in [-0.2, 0) is 6.42 Å². The third-order valence-electron chi connectivity index (χ3n) is 2.65. The molecule has 0 aromatic carbocycles. The third-order valence-corrected chi connectivity index (χ3v) is 2.65. The summed E-state index contributed by atoms with van der Waals surface area (Å²) in [5.41, 5.74) is 6.31. The summed E-state index contributed by atoms with van der Waals surface area (Å²) in [5.74, 6) is 0. The normalized spacial score (nSPS) is 15.2. The second-order valence-electron chi connectivity index (χ2n) is 3.98. The largest absolute Gasteiger partial charge is 0.393 e. The molecule has 3 N–H and O–H groups in total. The van der Waals surface area contributed by atoms with Gasteiger partial charge in [0, 0.05) is 18.7 Å². The molecule has 4 nitrogen and oxygen atoms in total. The topological polar surface area (TPSA) is 64.1 Å². The van der Waals surface area contributed by atoms with Crippen LogP contribution in [0.1, 0.15) is 38.4 Å². The molecule has 0 bridgehead atoms. The van der Waals surface area contributed by atoms with Gasteiger partial charge in [0.25, 0.3) is 0 Å². The Hall–Kier alpha value is -0.870. The summed E-state index contributed by atoms with van der Waals surface area (Å²) in [6, 6.07) is 2.39. The number of aliphatic hydroxyl groups excluding tert-OH is 1. The van der Waals surface area contributed by atoms with Crippen LogP contribution in [0.5, 0.6) is 0 Å². The van der Waals surface area contributed by atoms with Crippen LogP contribution in [0, 0.1) is 0 Å². The molecule has 0 radical (unpaired) electrons. The van der Waals surface area contributed by atoms with Crippen LogP contribution < -0.4 is 5.73 Å². The molecule has 0 spiro atoms. The molecule has 1 rings (SSSR count). The summed E-state index contributed by atoms with van der Waals surface area (Å²) in [7, 11) is 0. The van der Waals surface area contributed by atoms with E-state index in [2.05, 4.69) is 18.9 Å². The zero-order valence-electron chi connectivity index (χ0n) is 9.56. The molecule has 1 heterocycles. The summed E-state index contributed by atoms with van der Waals surface area (Å²) < 4.78 is 1.95. The minimum Gasteiger partial charge on any atom is -0.393 e. The van der Waals surface area contributed by atoms with E-state index >= 15 is 0 Å². The molecule has 0 aliphatic rings. The molecule has 0 fully saturated rings. The van der Waals surface area contributed by atoms with Crippen molar-refractivity contribution in [2.75, 3.05) is 6.54 Å². The third kappa shape index (κ3) is 3.64. The van der Waals surface area contributed by atoms with Crippen molar-refractivity contribution in [1.29, 1.82) is 0 Å². The van der Waals surface area contributed by atoms with E-state index in [4.69, 9.17) is 5.73 Å². The molecular weight excluding hydrogens is 190 g/mol. The lowest BCUT2D eigenvalue weighted by atomic mass is 10.1. The Morgan fingerprint density at radius 3 is 2.93 bits per heavy atom. The average Bonchev–Trinajstić information content (AvgIpc) is 2.65. The highest BCUT2D eigenvalue weighted by Gasteiger charge is 2.08. The van der Waals surface area contributed by atoms with Crippen molar-refractivity contribution in [2.45, 2.75) is 45.3 Å². The van der Waals surface area contributed by atoms with Crippen LogP contribution in [0.3, 0.4) is 0 Å². The predicted molar refractivity (Wildman–Crippen MR) is 60.6 cm³/mol. The maximum atomic E-state index is 9.58. The Morgan fingerprint density at radius 2 is 2.33 bits per heavy atom. The Balaban J connectivity index is 2.52. The minimum absolute atomic E-state index is 0.365. The molecule has 2 unspecified atom stereocenters. The number of hydrogen-bond donors (Lipinski definition) is 2. The number of aliphatic hydroxyl groups is 1. The van der Waals surface area contributed by atoms with Crippen molar-refractivity contribution in [3.05, 3.63) is 18.0 Å². The lowest BCUT2D eigenvalue weighted by Crippen LogP contribution is -2.16. The van der Waals surface area contributed by atoms with Gasteiger partial charge >= 0.3 is 0 Å². The van der Waals surface area contributed by atoms with Gasteiger partial charge in [-0.3, -0.25) is 4.68 Å². The standard InChI is InChI=1S/C11H21N3O/c1-3-9(2)14-7-5-10(13-14)8-11(15)4-6-12/h5,7,9,11,15H,3-4,6,8,12H2,1-2H3. The van der Waals surface area contributed by atoms with E-state index in [1.54, 1.807) is 0 Å². The molecule has 1 aromatic heterocycles. The van der Waals surface area contributed by atoms with Crippen molar-refractivity contribution < 1.29 is 5.11 Å². The lowest BCUT2D eigenvalue weighted by molar-refractivity contribution is 0.166. The van der Waals surface area contributed by atoms with Gasteiger partial charge in [0.2, 0.25) is 0 Å². The molecule has 86 valence electrons. The van der Waals surface area contributed by atoms with E-state index in [-0.39, 0.29) is 6.10 Å². The van der Waals surface area contributed by atoms with Gasteiger partial charge in [-0.05, 0) is 32.4 Å². The van der Waals surface area contributed by atoms with Crippen LogP contribution in [0.25, 0.3) is 0 Å². The molecule has 0 saturated heterocycles. The van der Waals surface area contributed by atoms with Gasteiger partial charge in [0.05, 0.1) is 11.8 Å². The maximum Gasteiger partial charge on any atom is 0.0650 e. The summed E-state index contributed by atoms with van der Waals surface area (Å²) in [6.07, 6.45) is 3.90. The average molecular weight is 211 g/mol. The first kappa shape index (κ1) is 12.2. The van der Waals surface area contributed by atoms with Gasteiger partial charge < -0.3 is 10.8 Å². The minimum atomic E-state index is -0.365. The SMILES string of the molecule is CCC(C)n1ccc(CC(O)CCN)n1. The van der Waals surface area contributed by atoms with Gasteiger partial charge in [-0.1, -0.05) is 6.92 Å². The van der Waals surface area contributed by atoms with Crippen molar-refractivity contribution in [2.24, 2.45) is 5.73 Å². The van der Waals surface area contributed by atoms with Crippen LogP contribution in [0.4, 0.5) is 0 Å². The summed E-state index contributed by atoms with van der Waals surface area (Å²) in [5, 5.41) is 14.0. The Labute approximate surface area is 91.1 Å². The van der Waals surface area contributed by atoms with Crippen LogP contribution in [-0.4, -0.2) is 27.5 Å². The van der Waals surface area contributed by atoms with Crippen LogP contribution in [0.15, 0.2) is 12.3 Å². The summed E-state index contributed by atoms with van der Waals surface area (Å²) in [6.45, 7) is 4.79. The molecule has 0 amide bonds. The predicted octanol–water partition coefficient (Wildman–Crippen LogP) is 1.11. The highest BCUT2D eigenvalue weighted by Crippen LogP contribution is 2.10. The number of rotatable bonds is 6. The zero-order valence-corrected chi connectivity index (χ0v) is 9.56. The number of hydrogen-bond acceptors (Lipinski definition) is 3. The van der Waals surface area contributed by atoms with E-state index in [0.717, 1.165) is 12.1 Å². The second kappa shape index (κ2) is 5.88. The van der Waals surface area contributed by atoms with E-state index in [9.17, 15) is 5.11 Å². The molecule has 15 heavy (non-hydrogen) atoms. The first-order valence-electron chi connectivity index (χ1n) is 5.59. The van der Waals surface area contributed by atoms with Gasteiger partial charge in [0.15, 0.2) is 0 Å². The van der Waals surface area contributed by atoms with E-state index in [1.807, 2.05) is 16.9 Å². The van der Waals surface area contributed by atoms with Crippen molar-refractivity contribution in [1.82, 2.24) is 9.78 Å². The number of nitrogens with zero attached hydrogens (tertiary/aromatic N) is 2. The Morgan fingerprint density at radius 1 is 1.60 bits per heavy atom. The maximum absolute atomic E-state index is 9.58. The number of aromatic nitrogens is 2. The van der Waals surface area contributed by atoms with Crippen LogP contribution in [0.2, 0.25) is 0 Å². The molecule has 1 aromatic rings. The molecule has 0 aliphatic heterocycles. The zero-order chi connectivity index (χ0) is 11.3. The van der Waals surface area contributed by atoms with Crippen LogP contribution >= 0.6 is 0 Å². The first-order chi connectivity index (χ1) is 7.17. The molecular formula is C11H21N3O. The van der Waals surface area contributed by atoms with Gasteiger partial charge in [-0.2, -0.15) is 5.10 Å². The number of nitrogens with two attached hydrogens (primary N) is 1. The van der Waals surface area contributed by atoms with E-state index in [1.165, 1.54) is 0 Å². The molecule has 0 saturated carbocycles. The van der Waals surface area contributed by atoms with Crippen molar-refractivity contribution >= 4 is 0 Å². The highest BCUT2D eigenvalue weighted by molar-refractivity contribution is 5.01. The molecule has 2 atom stereocenters. The quantitative estimate of drug-likeness (QED) is 0.740. The van der Waals surface area contributed by atoms with Crippen molar-refractivity contribution in [3.8, 4) is 0 Å². The Bertz CT molecular complexity index is 285. The second-order valence-corrected chi connectivity index (χ2v) is 3.98. The van der Waals surface area contributed by atoms with E-state index in [0.29, 0.717) is 25.4 Å².